The van der Waals surface area contributed by atoms with Crippen molar-refractivity contribution >= 4 is 17.9 Å². The number of aliphatic hydroxyl groups is 1. The molecule has 35 heavy (non-hydrogen) atoms. The van der Waals surface area contributed by atoms with E-state index in [1.54, 1.807) is 4.90 Å². The predicted octanol–water partition coefficient (Wildman–Crippen LogP) is 1.79. The Hall–Kier alpha value is -3.42. The molecule has 1 amide bonds. The molecule has 1 aromatic carbocycles. The number of anilines is 2. The van der Waals surface area contributed by atoms with Crippen molar-refractivity contribution in [2.24, 2.45) is 0 Å². The van der Waals surface area contributed by atoms with Gasteiger partial charge in [-0.15, -0.1) is 0 Å². The van der Waals surface area contributed by atoms with Gasteiger partial charge in [0.25, 0.3) is 0 Å². The van der Waals surface area contributed by atoms with Crippen molar-refractivity contribution < 1.29 is 14.6 Å². The molecule has 0 radical (unpaired) electrons. The van der Waals surface area contributed by atoms with E-state index in [0.717, 1.165) is 42.0 Å². The quantitative estimate of drug-likeness (QED) is 0.608. The Morgan fingerprint density at radius 2 is 2.03 bits per heavy atom. The molecule has 0 aliphatic carbocycles. The van der Waals surface area contributed by atoms with Gasteiger partial charge in [0.2, 0.25) is 12.5 Å². The predicted molar refractivity (Wildman–Crippen MR) is 131 cm³/mol. The number of benzene rings is 1. The van der Waals surface area contributed by atoms with Crippen LogP contribution < -0.4 is 15.1 Å². The Labute approximate surface area is 205 Å². The molecule has 10 nitrogen and oxygen atoms in total. The fraction of sp³-hybridized carbons (Fsp3) is 0.520. The average Bonchev–Trinajstić information content (AvgIpc) is 3.57. The molecule has 2 saturated heterocycles. The Kier molecular flexibility index (Phi) is 6.97. The van der Waals surface area contributed by atoms with Gasteiger partial charge in [0.1, 0.15) is 18.5 Å². The minimum atomic E-state index is -0.389. The molecule has 0 spiro atoms. The van der Waals surface area contributed by atoms with Crippen molar-refractivity contribution in [3.8, 4) is 0 Å². The molecule has 2 atom stereocenters. The van der Waals surface area contributed by atoms with Gasteiger partial charge in [0.15, 0.2) is 0 Å². The number of aromatic nitrogens is 2. The van der Waals surface area contributed by atoms with Crippen LogP contribution in [0.3, 0.4) is 0 Å². The molecular formula is C25H31N7O3. The normalized spacial score (nSPS) is 21.7. The summed E-state index contributed by atoms with van der Waals surface area (Å²) in [6.07, 6.45) is 1.55. The lowest BCUT2D eigenvalue weighted by Crippen LogP contribution is -2.57. The minimum Gasteiger partial charge on any atom is -0.445 e. The Balaban J connectivity index is 1.34. The van der Waals surface area contributed by atoms with Crippen LogP contribution >= 0.6 is 0 Å². The number of carbonyl (C=O) groups is 1. The van der Waals surface area contributed by atoms with Crippen LogP contribution in [0, 0.1) is 6.57 Å². The lowest BCUT2D eigenvalue weighted by Gasteiger charge is -2.40. The molecule has 1 aromatic heterocycles. The van der Waals surface area contributed by atoms with Crippen molar-refractivity contribution in [1.82, 2.24) is 20.2 Å². The number of aliphatic hydroxyl groups excluding tert-OH is 1. The highest BCUT2D eigenvalue weighted by atomic mass is 16.6. The maximum atomic E-state index is 12.9. The summed E-state index contributed by atoms with van der Waals surface area (Å²) in [5.41, 5.74) is 3.00. The van der Waals surface area contributed by atoms with Gasteiger partial charge in [-0.3, -0.25) is 4.90 Å². The Morgan fingerprint density at radius 1 is 1.17 bits per heavy atom. The molecule has 4 heterocycles. The van der Waals surface area contributed by atoms with Gasteiger partial charge in [-0.2, -0.15) is 4.98 Å². The van der Waals surface area contributed by atoms with E-state index >= 15 is 0 Å². The van der Waals surface area contributed by atoms with Crippen LogP contribution in [0.1, 0.15) is 29.7 Å². The van der Waals surface area contributed by atoms with Gasteiger partial charge in [-0.05, 0) is 18.4 Å². The number of nitrogens with zero attached hydrogens (tertiary/aromatic N) is 6. The summed E-state index contributed by atoms with van der Waals surface area (Å²) in [5.74, 6) is 1.52. The summed E-state index contributed by atoms with van der Waals surface area (Å²) in [7, 11) is 0. The maximum absolute atomic E-state index is 12.9. The lowest BCUT2D eigenvalue weighted by molar-refractivity contribution is 0.0788. The van der Waals surface area contributed by atoms with E-state index in [0.29, 0.717) is 38.7 Å². The molecule has 2 aromatic rings. The highest BCUT2D eigenvalue weighted by Gasteiger charge is 2.36. The van der Waals surface area contributed by atoms with Gasteiger partial charge in [0, 0.05) is 44.8 Å². The second kappa shape index (κ2) is 10.5. The summed E-state index contributed by atoms with van der Waals surface area (Å²) < 4.78 is 5.57. The van der Waals surface area contributed by atoms with Gasteiger partial charge < -0.3 is 29.8 Å². The molecule has 0 saturated carbocycles. The lowest BCUT2D eigenvalue weighted by atomic mass is 10.1. The summed E-state index contributed by atoms with van der Waals surface area (Å²) in [6.45, 7) is 11.7. The molecule has 184 valence electrons. The number of nitrogens with one attached hydrogen (secondary N) is 1. The summed E-state index contributed by atoms with van der Waals surface area (Å²) >= 11 is 0. The number of ether oxygens (including phenoxy) is 1. The molecule has 0 bridgehead atoms. The third kappa shape index (κ3) is 4.88. The van der Waals surface area contributed by atoms with Crippen molar-refractivity contribution in [2.45, 2.75) is 44.6 Å². The number of piperazine rings is 1. The van der Waals surface area contributed by atoms with E-state index in [1.807, 2.05) is 30.3 Å². The molecule has 0 unspecified atom stereocenters. The Morgan fingerprint density at radius 3 is 2.83 bits per heavy atom. The van der Waals surface area contributed by atoms with Crippen LogP contribution in [-0.4, -0.2) is 77.5 Å². The SMILES string of the molecule is [C-]#[N+]C[C@H]1CN(c2nc(N3CCC[C@H]3CO)nc3c2CNC3)CCN1C(=O)OCc1ccccc1. The third-order valence-electron chi connectivity index (χ3n) is 7.02. The van der Waals surface area contributed by atoms with Crippen molar-refractivity contribution in [1.29, 1.82) is 0 Å². The first kappa shape index (κ1) is 23.3. The van der Waals surface area contributed by atoms with E-state index in [4.69, 9.17) is 21.3 Å². The zero-order valence-corrected chi connectivity index (χ0v) is 19.8. The number of carbonyl (C=O) groups excluding carboxylic acids is 1. The standard InChI is InChI=1S/C25H31N7O3/c1-26-12-20-15-30(10-11-32(20)25(34)35-17-18-6-3-2-4-7-18)23-21-13-27-14-22(21)28-24(29-23)31-9-5-8-19(31)16-33/h2-4,6-7,19-20,27,33H,5,8-17H2/t19-,20-/m0/s1. The van der Waals surface area contributed by atoms with E-state index in [-0.39, 0.29) is 37.9 Å². The summed E-state index contributed by atoms with van der Waals surface area (Å²) in [4.78, 5) is 32.3. The molecular weight excluding hydrogens is 446 g/mol. The van der Waals surface area contributed by atoms with Crippen LogP contribution in [0.4, 0.5) is 16.6 Å². The number of amides is 1. The van der Waals surface area contributed by atoms with Gasteiger partial charge in [0.05, 0.1) is 18.3 Å². The van der Waals surface area contributed by atoms with Crippen LogP contribution in [0.15, 0.2) is 30.3 Å². The van der Waals surface area contributed by atoms with Gasteiger partial charge in [-0.1, -0.05) is 30.3 Å². The zero-order valence-electron chi connectivity index (χ0n) is 19.8. The fourth-order valence-electron chi connectivity index (χ4n) is 5.17. The largest absolute Gasteiger partial charge is 0.445 e. The smallest absolute Gasteiger partial charge is 0.410 e. The summed E-state index contributed by atoms with van der Waals surface area (Å²) in [6, 6.07) is 9.35. The molecule has 5 rings (SSSR count). The maximum Gasteiger partial charge on any atom is 0.410 e. The van der Waals surface area contributed by atoms with Crippen LogP contribution in [0.25, 0.3) is 4.85 Å². The number of rotatable bonds is 6. The second-order valence-corrected chi connectivity index (χ2v) is 9.22. The number of hydrogen-bond acceptors (Lipinski definition) is 8. The van der Waals surface area contributed by atoms with Crippen LogP contribution in [-0.2, 0) is 24.4 Å². The zero-order chi connectivity index (χ0) is 24.2. The van der Waals surface area contributed by atoms with E-state index in [2.05, 4.69) is 20.0 Å². The molecule has 3 aliphatic rings. The molecule has 10 heteroatoms. The third-order valence-corrected chi connectivity index (χ3v) is 7.02. The minimum absolute atomic E-state index is 0.0429. The first-order valence-electron chi connectivity index (χ1n) is 12.2. The molecule has 2 N–H and O–H groups in total. The van der Waals surface area contributed by atoms with Crippen LogP contribution in [0.5, 0.6) is 0 Å². The highest BCUT2D eigenvalue weighted by Crippen LogP contribution is 2.31. The van der Waals surface area contributed by atoms with E-state index in [9.17, 15) is 9.90 Å². The van der Waals surface area contributed by atoms with Crippen molar-refractivity contribution in [2.75, 3.05) is 49.1 Å². The van der Waals surface area contributed by atoms with Gasteiger partial charge in [-0.25, -0.2) is 16.4 Å². The van der Waals surface area contributed by atoms with Gasteiger partial charge >= 0.3 is 6.09 Å². The topological polar surface area (TPSA) is 98.4 Å². The average molecular weight is 478 g/mol. The van der Waals surface area contributed by atoms with E-state index in [1.165, 1.54) is 0 Å². The monoisotopic (exact) mass is 477 g/mol. The van der Waals surface area contributed by atoms with Crippen molar-refractivity contribution in [3.05, 3.63) is 58.6 Å². The highest BCUT2D eigenvalue weighted by molar-refractivity contribution is 5.69. The van der Waals surface area contributed by atoms with Crippen LogP contribution in [0.2, 0.25) is 0 Å². The molecule has 3 aliphatic heterocycles. The first-order chi connectivity index (χ1) is 17.2. The van der Waals surface area contributed by atoms with Crippen molar-refractivity contribution in [3.63, 3.8) is 0 Å². The Bertz CT molecular complexity index is 1090. The number of hydrogen-bond donors (Lipinski definition) is 2. The fourth-order valence-corrected chi connectivity index (χ4v) is 5.17. The van der Waals surface area contributed by atoms with E-state index < -0.39 is 0 Å². The first-order valence-corrected chi connectivity index (χ1v) is 12.2. The summed E-state index contributed by atoms with van der Waals surface area (Å²) in [5, 5.41) is 13.2. The molecule has 2 fully saturated rings. The number of fused-ring (bicyclic) bond motifs is 1. The second-order valence-electron chi connectivity index (χ2n) is 9.22.